The molecule has 4 nitrogen and oxygen atoms in total. The number of fused-ring (bicyclic) bond motifs is 14. The molecule has 0 spiro atoms. The molecule has 342 valence electrons. The molecule has 0 N–H and O–H groups in total. The van der Waals surface area contributed by atoms with Crippen LogP contribution in [-0.2, 0) is 0 Å². The quantitative estimate of drug-likeness (QED) is 0.167. The second-order valence-electron chi connectivity index (χ2n) is 18.9. The summed E-state index contributed by atoms with van der Waals surface area (Å²) >= 11 is 3.59. The van der Waals surface area contributed by atoms with Gasteiger partial charge in [0.2, 0.25) is 0 Å². The van der Waals surface area contributed by atoms with Crippen LogP contribution in [0.25, 0.3) is 140 Å². The van der Waals surface area contributed by atoms with Crippen molar-refractivity contribution in [1.29, 1.82) is 10.5 Å². The second kappa shape index (κ2) is 16.5. The maximum Gasteiger partial charge on any atom is 0.102 e. The Morgan fingerprint density at radius 2 is 0.676 bits per heavy atom. The number of thiophene rings is 2. The maximum atomic E-state index is 12.2. The van der Waals surface area contributed by atoms with Gasteiger partial charge < -0.3 is 9.13 Å². The number of hydrogen-bond donors (Lipinski definition) is 0. The lowest BCUT2D eigenvalue weighted by atomic mass is 9.86. The molecule has 0 fully saturated rings. The molecule has 0 saturated heterocycles. The fraction of sp³-hybridized carbons (Fsp3) is 0. The zero-order valence-corrected chi connectivity index (χ0v) is 41.2. The first-order valence-electron chi connectivity index (χ1n) is 24.7. The Morgan fingerprint density at radius 1 is 0.297 bits per heavy atom. The number of hydrogen-bond acceptors (Lipinski definition) is 4. The molecule has 0 aliphatic rings. The molecule has 0 atom stereocenters. The molecule has 0 unspecified atom stereocenters. The third-order valence-electron chi connectivity index (χ3n) is 15.0. The molecule has 15 aromatic rings. The van der Waals surface area contributed by atoms with Crippen LogP contribution in [-0.4, -0.2) is 9.13 Å². The standard InChI is InChI=1S/C68H38N4S2/c69-39-55-61(43-21-9-3-10-22-43)56(40-70)64(72-65-49(31-33-51-47-25-13-15-27-59(47)73-67(51)65)50-32-34-52-48-26-14-16-28-60(48)74-68(52)66(50)72)62(44-23-11-4-12-24-44)63(55)71-57-35-29-45(41-17-5-1-6-18-41)37-53(57)54-38-46(30-36-58(54)71)42-19-7-2-8-20-42/h1-38H. The first-order valence-corrected chi connectivity index (χ1v) is 26.3. The molecule has 6 heteroatoms. The lowest BCUT2D eigenvalue weighted by Crippen LogP contribution is -2.11. The second-order valence-corrected chi connectivity index (χ2v) is 21.0. The topological polar surface area (TPSA) is 57.4 Å². The van der Waals surface area contributed by atoms with Gasteiger partial charge in [0.15, 0.2) is 0 Å². The van der Waals surface area contributed by atoms with Crippen LogP contribution in [0.5, 0.6) is 0 Å². The predicted molar refractivity (Wildman–Crippen MR) is 312 cm³/mol. The number of rotatable bonds is 6. The van der Waals surface area contributed by atoms with Gasteiger partial charge in [0.25, 0.3) is 0 Å². The summed E-state index contributed by atoms with van der Waals surface area (Å²) in [6.45, 7) is 0. The van der Waals surface area contributed by atoms with E-state index in [-0.39, 0.29) is 0 Å². The summed E-state index contributed by atoms with van der Waals surface area (Å²) in [5.74, 6) is 0. The number of nitrogens with zero attached hydrogens (tertiary/aromatic N) is 4. The molecule has 0 amide bonds. The molecule has 0 aliphatic heterocycles. The summed E-state index contributed by atoms with van der Waals surface area (Å²) in [4.78, 5) is 0. The van der Waals surface area contributed by atoms with Crippen molar-refractivity contribution in [3.05, 3.63) is 242 Å². The third kappa shape index (κ3) is 6.11. The van der Waals surface area contributed by atoms with Gasteiger partial charge in [0.1, 0.15) is 12.1 Å². The Hall–Kier alpha value is -9.56. The van der Waals surface area contributed by atoms with E-state index in [1.165, 1.54) is 20.2 Å². The Bertz CT molecular complexity index is 4670. The Morgan fingerprint density at radius 3 is 1.12 bits per heavy atom. The van der Waals surface area contributed by atoms with E-state index in [0.717, 1.165) is 108 Å². The fourth-order valence-electron chi connectivity index (χ4n) is 11.8. The largest absolute Gasteiger partial charge is 0.307 e. The minimum Gasteiger partial charge on any atom is -0.307 e. The van der Waals surface area contributed by atoms with Crippen molar-refractivity contribution in [2.75, 3.05) is 0 Å². The lowest BCUT2D eigenvalue weighted by molar-refractivity contribution is 1.13. The highest BCUT2D eigenvalue weighted by Gasteiger charge is 2.33. The van der Waals surface area contributed by atoms with Crippen molar-refractivity contribution < 1.29 is 0 Å². The Balaban J connectivity index is 1.21. The van der Waals surface area contributed by atoms with Gasteiger partial charge in [-0.15, -0.1) is 22.7 Å². The van der Waals surface area contributed by atoms with E-state index in [9.17, 15) is 10.5 Å². The average molecular weight is 975 g/mol. The van der Waals surface area contributed by atoms with Crippen LogP contribution in [0.4, 0.5) is 0 Å². The summed E-state index contributed by atoms with van der Waals surface area (Å²) in [5, 5.41) is 33.4. The van der Waals surface area contributed by atoms with Crippen molar-refractivity contribution >= 4 is 107 Å². The minimum absolute atomic E-state index is 0.424. The third-order valence-corrected chi connectivity index (χ3v) is 17.4. The molecule has 4 heterocycles. The van der Waals surface area contributed by atoms with Crippen molar-refractivity contribution in [2.24, 2.45) is 0 Å². The van der Waals surface area contributed by atoms with E-state index in [2.05, 4.69) is 215 Å². The molecule has 0 bridgehead atoms. The van der Waals surface area contributed by atoms with Gasteiger partial charge in [-0.3, -0.25) is 0 Å². The van der Waals surface area contributed by atoms with Crippen LogP contribution in [0, 0.1) is 22.7 Å². The zero-order chi connectivity index (χ0) is 49.0. The molecule has 74 heavy (non-hydrogen) atoms. The zero-order valence-electron chi connectivity index (χ0n) is 39.5. The van der Waals surface area contributed by atoms with Crippen LogP contribution in [0.1, 0.15) is 11.1 Å². The van der Waals surface area contributed by atoms with E-state index in [0.29, 0.717) is 22.4 Å². The van der Waals surface area contributed by atoms with Crippen LogP contribution >= 0.6 is 22.7 Å². The molecule has 0 aliphatic carbocycles. The lowest BCUT2D eigenvalue weighted by Gasteiger charge is -2.25. The van der Waals surface area contributed by atoms with Crippen molar-refractivity contribution in [2.45, 2.75) is 0 Å². The van der Waals surface area contributed by atoms with Gasteiger partial charge in [0.05, 0.1) is 54.0 Å². The van der Waals surface area contributed by atoms with E-state index >= 15 is 0 Å². The molecule has 15 rings (SSSR count). The number of benzene rings is 11. The molecule has 4 aromatic heterocycles. The van der Waals surface area contributed by atoms with Crippen LogP contribution in [0.3, 0.4) is 0 Å². The molecular weight excluding hydrogens is 937 g/mol. The summed E-state index contributed by atoms with van der Waals surface area (Å²) < 4.78 is 9.44. The van der Waals surface area contributed by atoms with Gasteiger partial charge >= 0.3 is 0 Å². The SMILES string of the molecule is N#Cc1c(-c2ccccc2)c(C#N)c(-n2c3c(ccc4c5ccccc5sc43)c3ccc4c5ccccc5sc4c32)c(-c2ccccc2)c1-n1c2ccc(-c3ccccc3)cc2c2cc(-c3ccccc3)ccc21. The summed E-state index contributed by atoms with van der Waals surface area (Å²) in [6, 6.07) is 87.1. The van der Waals surface area contributed by atoms with E-state index < -0.39 is 0 Å². The van der Waals surface area contributed by atoms with Gasteiger partial charge in [0, 0.05) is 63.6 Å². The molecular formula is C68H38N4S2. The highest BCUT2D eigenvalue weighted by molar-refractivity contribution is 7.27. The van der Waals surface area contributed by atoms with Crippen molar-refractivity contribution in [3.8, 4) is 68.0 Å². The minimum atomic E-state index is 0.424. The van der Waals surface area contributed by atoms with Crippen LogP contribution in [0.2, 0.25) is 0 Å². The van der Waals surface area contributed by atoms with Crippen molar-refractivity contribution in [1.82, 2.24) is 9.13 Å². The van der Waals surface area contributed by atoms with Gasteiger partial charge in [-0.25, -0.2) is 0 Å². The summed E-state index contributed by atoms with van der Waals surface area (Å²) in [5.41, 5.74) is 13.8. The first-order chi connectivity index (χ1) is 36.7. The van der Waals surface area contributed by atoms with E-state index in [1.54, 1.807) is 22.7 Å². The smallest absolute Gasteiger partial charge is 0.102 e. The van der Waals surface area contributed by atoms with Gasteiger partial charge in [-0.1, -0.05) is 194 Å². The van der Waals surface area contributed by atoms with Crippen molar-refractivity contribution in [3.63, 3.8) is 0 Å². The monoisotopic (exact) mass is 974 g/mol. The van der Waals surface area contributed by atoms with E-state index in [4.69, 9.17) is 0 Å². The highest BCUT2D eigenvalue weighted by Crippen LogP contribution is 2.53. The maximum absolute atomic E-state index is 12.2. The van der Waals surface area contributed by atoms with Crippen LogP contribution in [0.15, 0.2) is 231 Å². The highest BCUT2D eigenvalue weighted by atomic mass is 32.1. The van der Waals surface area contributed by atoms with Gasteiger partial charge in [-0.2, -0.15) is 10.5 Å². The average Bonchev–Trinajstić information content (AvgIpc) is 4.24. The van der Waals surface area contributed by atoms with Gasteiger partial charge in [-0.05, 0) is 69.8 Å². The Labute approximate surface area is 433 Å². The van der Waals surface area contributed by atoms with E-state index in [1.807, 2.05) is 36.4 Å². The molecule has 0 saturated carbocycles. The molecule has 0 radical (unpaired) electrons. The normalized spacial score (nSPS) is 11.8. The number of nitriles is 2. The Kier molecular flexibility index (Phi) is 9.40. The predicted octanol–water partition coefficient (Wildman–Crippen LogP) is 19.0. The fourth-order valence-corrected chi connectivity index (χ4v) is 14.3. The first kappa shape index (κ1) is 42.2. The summed E-state index contributed by atoms with van der Waals surface area (Å²) in [6.07, 6.45) is 0. The number of aromatic nitrogens is 2. The van der Waals surface area contributed by atoms with Crippen LogP contribution < -0.4 is 0 Å². The summed E-state index contributed by atoms with van der Waals surface area (Å²) in [7, 11) is 0. The molecule has 11 aromatic carbocycles.